The topological polar surface area (TPSA) is 58.6 Å². The number of ether oxygens (including phenoxy) is 1. The van der Waals surface area contributed by atoms with Gasteiger partial charge in [-0.2, -0.15) is 0 Å². The van der Waals surface area contributed by atoms with Gasteiger partial charge < -0.3 is 15.2 Å². The molecule has 5 heteroatoms. The molecule has 0 aliphatic rings. The highest BCUT2D eigenvalue weighted by atomic mass is 35.5. The first-order valence-electron chi connectivity index (χ1n) is 5.50. The minimum Gasteiger partial charge on any atom is -0.389 e. The van der Waals surface area contributed by atoms with Gasteiger partial charge in [-0.05, 0) is 23.8 Å². The summed E-state index contributed by atoms with van der Waals surface area (Å²) in [4.78, 5) is 11.4. The number of benzene rings is 1. The minimum absolute atomic E-state index is 0.164. The normalized spacial score (nSPS) is 12.6. The van der Waals surface area contributed by atoms with E-state index in [1.54, 1.807) is 18.2 Å². The van der Waals surface area contributed by atoms with Crippen molar-refractivity contribution in [2.45, 2.75) is 6.10 Å². The Morgan fingerprint density at radius 2 is 2.17 bits per heavy atom. The fourth-order valence-electron chi connectivity index (χ4n) is 1.27. The Kier molecular flexibility index (Phi) is 6.43. The number of rotatable bonds is 6. The quantitative estimate of drug-likeness (QED) is 0.769. The van der Waals surface area contributed by atoms with Crippen LogP contribution in [0.2, 0.25) is 5.02 Å². The lowest BCUT2D eigenvalue weighted by Gasteiger charge is -2.08. The molecule has 1 rings (SSSR count). The monoisotopic (exact) mass is 269 g/mol. The summed E-state index contributed by atoms with van der Waals surface area (Å²) >= 11 is 5.75. The van der Waals surface area contributed by atoms with Crippen molar-refractivity contribution < 1.29 is 14.6 Å². The lowest BCUT2D eigenvalue weighted by Crippen LogP contribution is -2.33. The van der Waals surface area contributed by atoms with Crippen LogP contribution in [0, 0.1) is 0 Å². The zero-order valence-corrected chi connectivity index (χ0v) is 10.9. The lowest BCUT2D eigenvalue weighted by atomic mass is 10.2. The van der Waals surface area contributed by atoms with Gasteiger partial charge in [0.2, 0.25) is 5.91 Å². The molecule has 0 heterocycles. The summed E-state index contributed by atoms with van der Waals surface area (Å²) in [6.07, 6.45) is 2.39. The van der Waals surface area contributed by atoms with Crippen molar-refractivity contribution in [2.75, 3.05) is 20.3 Å². The Hall–Kier alpha value is -1.36. The van der Waals surface area contributed by atoms with Crippen molar-refractivity contribution in [3.05, 3.63) is 40.9 Å². The van der Waals surface area contributed by atoms with E-state index in [4.69, 9.17) is 16.3 Å². The molecule has 0 aliphatic carbocycles. The van der Waals surface area contributed by atoms with Crippen molar-refractivity contribution in [2.24, 2.45) is 0 Å². The molecule has 0 saturated carbocycles. The standard InChI is InChI=1S/C13H16ClNO3/c1-18-9-12(16)8-15-13(17)7-4-10-2-5-11(14)6-3-10/h2-7,12,16H,8-9H2,1H3,(H,15,17). The summed E-state index contributed by atoms with van der Waals surface area (Å²) in [7, 11) is 1.49. The Labute approximate surface area is 111 Å². The van der Waals surface area contributed by atoms with Crippen LogP contribution in [0.4, 0.5) is 0 Å². The molecule has 18 heavy (non-hydrogen) atoms. The van der Waals surface area contributed by atoms with E-state index in [1.807, 2.05) is 12.1 Å². The zero-order valence-electron chi connectivity index (χ0n) is 10.1. The molecule has 0 radical (unpaired) electrons. The van der Waals surface area contributed by atoms with Gasteiger partial charge in [-0.1, -0.05) is 23.7 Å². The zero-order chi connectivity index (χ0) is 13.4. The van der Waals surface area contributed by atoms with Gasteiger partial charge in [0.15, 0.2) is 0 Å². The highest BCUT2D eigenvalue weighted by Gasteiger charge is 2.03. The van der Waals surface area contributed by atoms with Gasteiger partial charge in [-0.25, -0.2) is 0 Å². The maximum absolute atomic E-state index is 11.4. The summed E-state index contributed by atoms with van der Waals surface area (Å²) in [5, 5.41) is 12.6. The number of nitrogens with one attached hydrogen (secondary N) is 1. The van der Waals surface area contributed by atoms with Crippen LogP contribution in [0.5, 0.6) is 0 Å². The molecule has 0 spiro atoms. The molecule has 0 aromatic heterocycles. The van der Waals surface area contributed by atoms with Crippen LogP contribution < -0.4 is 5.32 Å². The molecule has 1 aromatic rings. The number of hydrogen-bond donors (Lipinski definition) is 2. The molecule has 2 N–H and O–H groups in total. The van der Waals surface area contributed by atoms with E-state index in [2.05, 4.69) is 5.32 Å². The molecular formula is C13H16ClNO3. The summed E-state index contributed by atoms with van der Waals surface area (Å²) in [5.41, 5.74) is 0.881. The van der Waals surface area contributed by atoms with Gasteiger partial charge in [0.25, 0.3) is 0 Å². The lowest BCUT2D eigenvalue weighted by molar-refractivity contribution is -0.117. The second-order valence-corrected chi connectivity index (χ2v) is 4.18. The number of carbonyl (C=O) groups excluding carboxylic acids is 1. The number of halogens is 1. The van der Waals surface area contributed by atoms with E-state index in [0.717, 1.165) is 5.56 Å². The van der Waals surface area contributed by atoms with Crippen LogP contribution in [0.3, 0.4) is 0 Å². The van der Waals surface area contributed by atoms with E-state index in [0.29, 0.717) is 5.02 Å². The van der Waals surface area contributed by atoms with Crippen molar-refractivity contribution in [1.29, 1.82) is 0 Å². The van der Waals surface area contributed by atoms with Gasteiger partial charge in [0, 0.05) is 24.8 Å². The predicted octanol–water partition coefficient (Wildman–Crippen LogP) is 1.48. The summed E-state index contributed by atoms with van der Waals surface area (Å²) < 4.78 is 4.74. The van der Waals surface area contributed by atoms with Crippen LogP contribution in [-0.4, -0.2) is 37.4 Å². The maximum Gasteiger partial charge on any atom is 0.244 e. The first-order valence-corrected chi connectivity index (χ1v) is 5.88. The number of amides is 1. The molecule has 0 fully saturated rings. The largest absolute Gasteiger partial charge is 0.389 e. The first kappa shape index (κ1) is 14.7. The first-order chi connectivity index (χ1) is 8.61. The molecule has 0 saturated heterocycles. The maximum atomic E-state index is 11.4. The molecule has 1 atom stereocenters. The van der Waals surface area contributed by atoms with Gasteiger partial charge in [0.1, 0.15) is 0 Å². The van der Waals surface area contributed by atoms with Gasteiger partial charge in [-0.15, -0.1) is 0 Å². The highest BCUT2D eigenvalue weighted by molar-refractivity contribution is 6.30. The van der Waals surface area contributed by atoms with E-state index < -0.39 is 6.10 Å². The van der Waals surface area contributed by atoms with E-state index >= 15 is 0 Å². The number of aliphatic hydroxyl groups excluding tert-OH is 1. The van der Waals surface area contributed by atoms with Gasteiger partial charge in [0.05, 0.1) is 12.7 Å². The molecule has 98 valence electrons. The molecule has 4 nitrogen and oxygen atoms in total. The second-order valence-electron chi connectivity index (χ2n) is 3.74. The van der Waals surface area contributed by atoms with Crippen molar-refractivity contribution in [3.8, 4) is 0 Å². The molecular weight excluding hydrogens is 254 g/mol. The van der Waals surface area contributed by atoms with Crippen LogP contribution in [0.15, 0.2) is 30.3 Å². The Morgan fingerprint density at radius 3 is 2.78 bits per heavy atom. The Bertz CT molecular complexity index is 403. The number of methoxy groups -OCH3 is 1. The predicted molar refractivity (Wildman–Crippen MR) is 71.4 cm³/mol. The summed E-state index contributed by atoms with van der Waals surface area (Å²) in [6, 6.07) is 7.13. The van der Waals surface area contributed by atoms with E-state index in [9.17, 15) is 9.90 Å². The minimum atomic E-state index is -0.692. The SMILES string of the molecule is COCC(O)CNC(=O)C=Cc1ccc(Cl)cc1. The third kappa shape index (κ3) is 5.82. The van der Waals surface area contributed by atoms with Crippen molar-refractivity contribution in [3.63, 3.8) is 0 Å². The highest BCUT2D eigenvalue weighted by Crippen LogP contribution is 2.10. The third-order valence-corrected chi connectivity index (χ3v) is 2.42. The average Bonchev–Trinajstić information content (AvgIpc) is 2.36. The smallest absolute Gasteiger partial charge is 0.244 e. The van der Waals surface area contributed by atoms with Crippen LogP contribution in [0.1, 0.15) is 5.56 Å². The number of hydrogen-bond acceptors (Lipinski definition) is 3. The number of aliphatic hydroxyl groups is 1. The molecule has 1 unspecified atom stereocenters. The fraction of sp³-hybridized carbons (Fsp3) is 0.308. The average molecular weight is 270 g/mol. The van der Waals surface area contributed by atoms with Crippen LogP contribution >= 0.6 is 11.6 Å². The van der Waals surface area contributed by atoms with Crippen molar-refractivity contribution in [1.82, 2.24) is 5.32 Å². The summed E-state index contributed by atoms with van der Waals surface area (Å²) in [5.74, 6) is -0.264. The van der Waals surface area contributed by atoms with Crippen molar-refractivity contribution >= 4 is 23.6 Å². The van der Waals surface area contributed by atoms with E-state index in [1.165, 1.54) is 13.2 Å². The Balaban J connectivity index is 2.37. The van der Waals surface area contributed by atoms with Crippen LogP contribution in [0.25, 0.3) is 6.08 Å². The molecule has 1 aromatic carbocycles. The van der Waals surface area contributed by atoms with Crippen LogP contribution in [-0.2, 0) is 9.53 Å². The van der Waals surface area contributed by atoms with E-state index in [-0.39, 0.29) is 19.1 Å². The fourth-order valence-corrected chi connectivity index (χ4v) is 1.40. The molecule has 1 amide bonds. The molecule has 0 aliphatic heterocycles. The number of carbonyl (C=O) groups is 1. The summed E-state index contributed by atoms with van der Waals surface area (Å²) in [6.45, 7) is 0.360. The molecule has 0 bridgehead atoms. The second kappa shape index (κ2) is 7.87. The Morgan fingerprint density at radius 1 is 1.50 bits per heavy atom. The van der Waals surface area contributed by atoms with Gasteiger partial charge in [-0.3, -0.25) is 4.79 Å². The third-order valence-electron chi connectivity index (χ3n) is 2.17. The van der Waals surface area contributed by atoms with Gasteiger partial charge >= 0.3 is 0 Å².